The molecule has 6 nitrogen and oxygen atoms in total. The van der Waals surface area contributed by atoms with E-state index in [-0.39, 0.29) is 5.91 Å². The van der Waals surface area contributed by atoms with Crippen LogP contribution in [0.4, 0.5) is 0 Å². The van der Waals surface area contributed by atoms with Crippen molar-refractivity contribution in [3.8, 4) is 11.8 Å². The molecule has 2 saturated heterocycles. The van der Waals surface area contributed by atoms with Crippen molar-refractivity contribution < 1.29 is 9.53 Å². The predicted molar refractivity (Wildman–Crippen MR) is 149 cm³/mol. The fourth-order valence-corrected chi connectivity index (χ4v) is 5.96. The van der Waals surface area contributed by atoms with Gasteiger partial charge in [-0.05, 0) is 73.4 Å². The van der Waals surface area contributed by atoms with Crippen molar-refractivity contribution in [3.63, 3.8) is 0 Å². The van der Waals surface area contributed by atoms with Gasteiger partial charge in [-0.3, -0.25) is 9.69 Å². The Morgan fingerprint density at radius 1 is 1.00 bits per heavy atom. The number of hydrogen-bond acceptors (Lipinski definition) is 5. The first-order valence-corrected chi connectivity index (χ1v) is 13.9. The second-order valence-electron chi connectivity index (χ2n) is 10.8. The van der Waals surface area contributed by atoms with E-state index >= 15 is 0 Å². The van der Waals surface area contributed by atoms with Gasteiger partial charge in [-0.25, -0.2) is 0 Å². The van der Waals surface area contributed by atoms with Crippen LogP contribution in [0.5, 0.6) is 5.75 Å². The van der Waals surface area contributed by atoms with Gasteiger partial charge in [0.05, 0.1) is 24.3 Å². The smallest absolute Gasteiger partial charge is 0.255 e. The molecule has 3 aliphatic rings. The molecule has 5 rings (SSSR count). The van der Waals surface area contributed by atoms with Crippen molar-refractivity contribution >= 4 is 5.91 Å². The number of amides is 1. The van der Waals surface area contributed by atoms with Crippen molar-refractivity contribution in [1.82, 2.24) is 14.7 Å². The molecule has 0 aromatic heterocycles. The first-order valence-electron chi connectivity index (χ1n) is 13.9. The van der Waals surface area contributed by atoms with Gasteiger partial charge in [0.2, 0.25) is 0 Å². The monoisotopic (exact) mass is 510 g/mol. The molecule has 2 fully saturated rings. The molecule has 0 atom stereocenters. The lowest BCUT2D eigenvalue weighted by Gasteiger charge is -2.39. The number of benzene rings is 2. The van der Waals surface area contributed by atoms with Gasteiger partial charge < -0.3 is 14.5 Å². The summed E-state index contributed by atoms with van der Waals surface area (Å²) in [6.07, 6.45) is 11.6. The number of piperidine rings is 2. The second-order valence-corrected chi connectivity index (χ2v) is 10.8. The van der Waals surface area contributed by atoms with Crippen molar-refractivity contribution in [2.45, 2.75) is 44.7 Å². The fraction of sp³-hybridized carbons (Fsp3) is 0.438. The third-order valence-electron chi connectivity index (χ3n) is 8.24. The van der Waals surface area contributed by atoms with Crippen LogP contribution in [0.2, 0.25) is 0 Å². The summed E-state index contributed by atoms with van der Waals surface area (Å²) >= 11 is 0. The van der Waals surface area contributed by atoms with E-state index in [2.05, 4.69) is 58.5 Å². The minimum absolute atomic E-state index is 0.170. The van der Waals surface area contributed by atoms with Crippen molar-refractivity contribution in [3.05, 3.63) is 89.1 Å². The zero-order chi connectivity index (χ0) is 26.3. The highest BCUT2D eigenvalue weighted by Gasteiger charge is 2.28. The number of carbonyl (C=O) groups is 1. The zero-order valence-corrected chi connectivity index (χ0v) is 22.4. The summed E-state index contributed by atoms with van der Waals surface area (Å²) in [6.45, 7) is 5.54. The number of methoxy groups -OCH3 is 1. The highest BCUT2D eigenvalue weighted by atomic mass is 16.5. The molecule has 0 spiro atoms. The molecule has 198 valence electrons. The highest BCUT2D eigenvalue weighted by molar-refractivity contribution is 5.96. The van der Waals surface area contributed by atoms with Crippen LogP contribution in [-0.2, 0) is 17.8 Å². The first-order chi connectivity index (χ1) is 18.6. The van der Waals surface area contributed by atoms with Crippen LogP contribution in [0.1, 0.15) is 42.4 Å². The second kappa shape index (κ2) is 12.3. The zero-order valence-electron chi connectivity index (χ0n) is 22.4. The summed E-state index contributed by atoms with van der Waals surface area (Å²) in [6, 6.07) is 18.9. The van der Waals surface area contributed by atoms with Gasteiger partial charge in [0.1, 0.15) is 5.75 Å². The van der Waals surface area contributed by atoms with E-state index in [0.717, 1.165) is 82.7 Å². The number of rotatable bonds is 7. The predicted octanol–water partition coefficient (Wildman–Crippen LogP) is 4.77. The van der Waals surface area contributed by atoms with Crippen molar-refractivity contribution in [2.75, 3.05) is 39.8 Å². The van der Waals surface area contributed by atoms with E-state index in [1.165, 1.54) is 11.1 Å². The van der Waals surface area contributed by atoms with E-state index < -0.39 is 0 Å². The lowest BCUT2D eigenvalue weighted by molar-refractivity contribution is -0.128. The Labute approximate surface area is 226 Å². The van der Waals surface area contributed by atoms with E-state index in [9.17, 15) is 4.79 Å². The van der Waals surface area contributed by atoms with Crippen LogP contribution in [0, 0.1) is 17.2 Å². The number of nitrogens with zero attached hydrogens (tertiary/aromatic N) is 4. The molecule has 6 heteroatoms. The number of ether oxygens (including phenoxy) is 1. The molecule has 0 N–H and O–H groups in total. The molecule has 2 aromatic rings. The highest BCUT2D eigenvalue weighted by Crippen LogP contribution is 2.26. The minimum atomic E-state index is 0.170. The first kappa shape index (κ1) is 26.1. The summed E-state index contributed by atoms with van der Waals surface area (Å²) < 4.78 is 5.37. The number of hydrogen-bond donors (Lipinski definition) is 0. The van der Waals surface area contributed by atoms with Crippen LogP contribution in [-0.4, -0.2) is 66.5 Å². The van der Waals surface area contributed by atoms with Crippen LogP contribution in [0.3, 0.4) is 0 Å². The molecule has 2 aromatic carbocycles. The number of carbonyl (C=O) groups excluding carboxylic acids is 1. The molecule has 0 bridgehead atoms. The summed E-state index contributed by atoms with van der Waals surface area (Å²) in [5.41, 5.74) is 4.09. The topological polar surface area (TPSA) is 59.8 Å². The SMILES string of the molecule is COc1cccc(CC2CCN(C(=O)C3=CN(C4CCN(Cc5ccc(C#N)cc5)CC4)CC=C3)CC2)c1. The van der Waals surface area contributed by atoms with E-state index in [0.29, 0.717) is 17.5 Å². The fourth-order valence-electron chi connectivity index (χ4n) is 5.96. The summed E-state index contributed by atoms with van der Waals surface area (Å²) in [5.74, 6) is 1.68. The Bertz CT molecular complexity index is 1200. The lowest BCUT2D eigenvalue weighted by atomic mass is 9.90. The third-order valence-corrected chi connectivity index (χ3v) is 8.24. The van der Waals surface area contributed by atoms with Gasteiger partial charge in [-0.15, -0.1) is 0 Å². The molecule has 38 heavy (non-hydrogen) atoms. The molecule has 3 aliphatic heterocycles. The Morgan fingerprint density at radius 2 is 1.76 bits per heavy atom. The molecule has 0 saturated carbocycles. The van der Waals surface area contributed by atoms with Crippen LogP contribution in [0.15, 0.2) is 72.5 Å². The molecular formula is C32H38N4O2. The average Bonchev–Trinajstić information content (AvgIpc) is 2.98. The Hall–Kier alpha value is -3.56. The molecule has 0 unspecified atom stereocenters. The normalized spacial score (nSPS) is 19.2. The van der Waals surface area contributed by atoms with E-state index in [1.54, 1.807) is 7.11 Å². The molecule has 0 aliphatic carbocycles. The molecule has 0 radical (unpaired) electrons. The van der Waals surface area contributed by atoms with E-state index in [4.69, 9.17) is 10.00 Å². The third kappa shape index (κ3) is 6.46. The Kier molecular flexibility index (Phi) is 8.45. The van der Waals surface area contributed by atoms with Gasteiger partial charge >= 0.3 is 0 Å². The Balaban J connectivity index is 1.10. The maximum atomic E-state index is 13.4. The average molecular weight is 511 g/mol. The summed E-state index contributed by atoms with van der Waals surface area (Å²) in [5, 5.41) is 9.00. The van der Waals surface area contributed by atoms with Gasteiger partial charge in [-0.2, -0.15) is 5.26 Å². The maximum Gasteiger partial charge on any atom is 0.255 e. The largest absolute Gasteiger partial charge is 0.497 e. The van der Waals surface area contributed by atoms with Gasteiger partial charge in [0, 0.05) is 51.5 Å². The molecular weight excluding hydrogens is 472 g/mol. The number of likely N-dealkylation sites (tertiary alicyclic amines) is 2. The Morgan fingerprint density at radius 3 is 2.47 bits per heavy atom. The maximum absolute atomic E-state index is 13.4. The standard InChI is InChI=1S/C32H38N4O2/c1-38-31-6-2-4-28(21-31)20-25-11-18-35(19-12-25)32(37)29-5-3-15-36(24-29)30-13-16-34(17-14-30)23-27-9-7-26(22-33)8-10-27/h2-10,21,24-25,30H,11-20,23H2,1H3. The summed E-state index contributed by atoms with van der Waals surface area (Å²) in [7, 11) is 1.71. The van der Waals surface area contributed by atoms with Crippen LogP contribution >= 0.6 is 0 Å². The van der Waals surface area contributed by atoms with E-state index in [1.807, 2.05) is 29.2 Å². The molecule has 3 heterocycles. The molecule has 1 amide bonds. The van der Waals surface area contributed by atoms with Crippen LogP contribution in [0.25, 0.3) is 0 Å². The summed E-state index contributed by atoms with van der Waals surface area (Å²) in [4.78, 5) is 20.3. The van der Waals surface area contributed by atoms with Crippen molar-refractivity contribution in [1.29, 1.82) is 5.26 Å². The quantitative estimate of drug-likeness (QED) is 0.537. The van der Waals surface area contributed by atoms with Crippen LogP contribution < -0.4 is 4.74 Å². The number of nitriles is 1. The van der Waals surface area contributed by atoms with Gasteiger partial charge in [0.15, 0.2) is 0 Å². The minimum Gasteiger partial charge on any atom is -0.497 e. The van der Waals surface area contributed by atoms with Gasteiger partial charge in [-0.1, -0.05) is 36.4 Å². The van der Waals surface area contributed by atoms with Crippen molar-refractivity contribution in [2.24, 2.45) is 5.92 Å². The lowest BCUT2D eigenvalue weighted by Crippen LogP contribution is -2.44. The van der Waals surface area contributed by atoms with Gasteiger partial charge in [0.25, 0.3) is 5.91 Å².